The van der Waals surface area contributed by atoms with E-state index in [1.807, 2.05) is 18.2 Å². The molecule has 0 aliphatic carbocycles. The van der Waals surface area contributed by atoms with Gasteiger partial charge in [0.25, 0.3) is 0 Å². The summed E-state index contributed by atoms with van der Waals surface area (Å²) in [5, 5.41) is 3.01. The number of anilines is 1. The van der Waals surface area contributed by atoms with Gasteiger partial charge in [0.1, 0.15) is 0 Å². The summed E-state index contributed by atoms with van der Waals surface area (Å²) in [5.74, 6) is 1.61. The van der Waals surface area contributed by atoms with Crippen molar-refractivity contribution < 1.29 is 9.47 Å². The lowest BCUT2D eigenvalue weighted by Gasteiger charge is -2.10. The van der Waals surface area contributed by atoms with Crippen LogP contribution in [0.1, 0.15) is 5.56 Å². The molecule has 0 saturated heterocycles. The van der Waals surface area contributed by atoms with Gasteiger partial charge in [0.2, 0.25) is 0 Å². The molecule has 110 valence electrons. The van der Waals surface area contributed by atoms with E-state index >= 15 is 0 Å². The summed E-state index contributed by atoms with van der Waals surface area (Å²) >= 11 is 0. The number of nitrogens with two attached hydrogens (primary N) is 1. The zero-order chi connectivity index (χ0) is 15.1. The minimum Gasteiger partial charge on any atom is -0.493 e. The predicted molar refractivity (Wildman–Crippen MR) is 82.7 cm³/mol. The molecule has 1 heterocycles. The second-order valence-corrected chi connectivity index (χ2v) is 4.26. The molecule has 0 fully saturated rings. The monoisotopic (exact) mass is 286 g/mol. The summed E-state index contributed by atoms with van der Waals surface area (Å²) in [6.45, 7) is 0.472. The molecule has 0 aliphatic rings. The SMILES string of the molecule is COc1ccc(NC(N)=NCc2cccnc2)cc1OC. The van der Waals surface area contributed by atoms with Crippen LogP contribution in [-0.2, 0) is 6.54 Å². The van der Waals surface area contributed by atoms with Gasteiger partial charge in [-0.05, 0) is 23.8 Å². The third-order valence-electron chi connectivity index (χ3n) is 2.81. The Hall–Kier alpha value is -2.76. The number of nitrogens with zero attached hydrogens (tertiary/aromatic N) is 2. The number of rotatable bonds is 5. The minimum atomic E-state index is 0.325. The fraction of sp³-hybridized carbons (Fsp3) is 0.200. The van der Waals surface area contributed by atoms with Crippen LogP contribution in [0.3, 0.4) is 0 Å². The molecular formula is C15H18N4O2. The number of guanidine groups is 1. The number of methoxy groups -OCH3 is 2. The summed E-state index contributed by atoms with van der Waals surface area (Å²) in [7, 11) is 3.18. The molecule has 1 aromatic carbocycles. The van der Waals surface area contributed by atoms with Crippen LogP contribution in [0.25, 0.3) is 0 Å². The fourth-order valence-electron chi connectivity index (χ4n) is 1.77. The number of aromatic nitrogens is 1. The summed E-state index contributed by atoms with van der Waals surface area (Å²) in [6.07, 6.45) is 3.48. The maximum atomic E-state index is 5.86. The fourth-order valence-corrected chi connectivity index (χ4v) is 1.77. The second-order valence-electron chi connectivity index (χ2n) is 4.26. The van der Waals surface area contributed by atoms with Crippen molar-refractivity contribution in [3.63, 3.8) is 0 Å². The van der Waals surface area contributed by atoms with Gasteiger partial charge in [0.15, 0.2) is 17.5 Å². The molecule has 2 rings (SSSR count). The van der Waals surface area contributed by atoms with Crippen molar-refractivity contribution in [1.82, 2.24) is 4.98 Å². The molecule has 2 aromatic rings. The molecule has 6 nitrogen and oxygen atoms in total. The topological polar surface area (TPSA) is 81.8 Å². The summed E-state index contributed by atoms with van der Waals surface area (Å²) < 4.78 is 10.4. The number of benzene rings is 1. The lowest BCUT2D eigenvalue weighted by atomic mass is 10.2. The average molecular weight is 286 g/mol. The van der Waals surface area contributed by atoms with Crippen LogP contribution in [0.4, 0.5) is 5.69 Å². The highest BCUT2D eigenvalue weighted by molar-refractivity contribution is 5.92. The van der Waals surface area contributed by atoms with Crippen molar-refractivity contribution in [2.45, 2.75) is 6.54 Å². The Bertz CT molecular complexity index is 614. The van der Waals surface area contributed by atoms with E-state index in [-0.39, 0.29) is 0 Å². The van der Waals surface area contributed by atoms with Crippen molar-refractivity contribution in [1.29, 1.82) is 0 Å². The predicted octanol–water partition coefficient (Wildman–Crippen LogP) is 2.03. The highest BCUT2D eigenvalue weighted by atomic mass is 16.5. The molecule has 21 heavy (non-hydrogen) atoms. The minimum absolute atomic E-state index is 0.325. The lowest BCUT2D eigenvalue weighted by Crippen LogP contribution is -2.22. The Morgan fingerprint density at radius 3 is 2.71 bits per heavy atom. The summed E-state index contributed by atoms with van der Waals surface area (Å²) in [6, 6.07) is 9.25. The van der Waals surface area contributed by atoms with Gasteiger partial charge >= 0.3 is 0 Å². The van der Waals surface area contributed by atoms with E-state index in [0.29, 0.717) is 24.0 Å². The first-order valence-corrected chi connectivity index (χ1v) is 6.41. The van der Waals surface area contributed by atoms with Crippen LogP contribution in [0.5, 0.6) is 11.5 Å². The molecule has 1 aromatic heterocycles. The van der Waals surface area contributed by atoms with Gasteiger partial charge in [-0.2, -0.15) is 0 Å². The highest BCUT2D eigenvalue weighted by Crippen LogP contribution is 2.29. The first kappa shape index (κ1) is 14.6. The quantitative estimate of drug-likeness (QED) is 0.649. The van der Waals surface area contributed by atoms with Gasteiger partial charge in [0.05, 0.1) is 20.8 Å². The van der Waals surface area contributed by atoms with Crippen LogP contribution in [0.2, 0.25) is 0 Å². The Morgan fingerprint density at radius 1 is 1.24 bits per heavy atom. The molecule has 0 aliphatic heterocycles. The molecule has 0 radical (unpaired) electrons. The van der Waals surface area contributed by atoms with Gasteiger partial charge in [-0.25, -0.2) is 4.99 Å². The van der Waals surface area contributed by atoms with E-state index < -0.39 is 0 Å². The molecule has 0 spiro atoms. The first-order chi connectivity index (χ1) is 10.2. The Morgan fingerprint density at radius 2 is 2.05 bits per heavy atom. The highest BCUT2D eigenvalue weighted by Gasteiger charge is 2.04. The van der Waals surface area contributed by atoms with Crippen molar-refractivity contribution in [2.75, 3.05) is 19.5 Å². The van der Waals surface area contributed by atoms with E-state index in [0.717, 1.165) is 11.3 Å². The largest absolute Gasteiger partial charge is 0.493 e. The lowest BCUT2D eigenvalue weighted by molar-refractivity contribution is 0.355. The Labute approximate surface area is 123 Å². The molecule has 0 bridgehead atoms. The molecule has 3 N–H and O–H groups in total. The van der Waals surface area contributed by atoms with Gasteiger partial charge in [-0.3, -0.25) is 4.98 Å². The van der Waals surface area contributed by atoms with Crippen molar-refractivity contribution in [2.24, 2.45) is 10.7 Å². The van der Waals surface area contributed by atoms with Crippen LogP contribution >= 0.6 is 0 Å². The molecular weight excluding hydrogens is 268 g/mol. The van der Waals surface area contributed by atoms with Gasteiger partial charge < -0.3 is 20.5 Å². The van der Waals surface area contributed by atoms with Crippen LogP contribution < -0.4 is 20.5 Å². The number of hydrogen-bond donors (Lipinski definition) is 2. The number of hydrogen-bond acceptors (Lipinski definition) is 4. The average Bonchev–Trinajstić information content (AvgIpc) is 2.53. The summed E-state index contributed by atoms with van der Waals surface area (Å²) in [4.78, 5) is 8.29. The van der Waals surface area contributed by atoms with Crippen molar-refractivity contribution in [3.05, 3.63) is 48.3 Å². The molecule has 6 heteroatoms. The third kappa shape index (κ3) is 4.10. The molecule has 0 amide bonds. The zero-order valence-corrected chi connectivity index (χ0v) is 12.0. The van der Waals surface area contributed by atoms with Crippen LogP contribution in [0.15, 0.2) is 47.7 Å². The first-order valence-electron chi connectivity index (χ1n) is 6.41. The van der Waals surface area contributed by atoms with Gasteiger partial charge in [-0.15, -0.1) is 0 Å². The number of ether oxygens (including phenoxy) is 2. The third-order valence-corrected chi connectivity index (χ3v) is 2.81. The normalized spacial score (nSPS) is 11.0. The maximum Gasteiger partial charge on any atom is 0.193 e. The standard InChI is InChI=1S/C15H18N4O2/c1-20-13-6-5-12(8-14(13)21-2)19-15(16)18-10-11-4-3-7-17-9-11/h3-9H,10H2,1-2H3,(H3,16,18,19). The summed E-state index contributed by atoms with van der Waals surface area (Å²) in [5.41, 5.74) is 7.63. The maximum absolute atomic E-state index is 5.86. The smallest absolute Gasteiger partial charge is 0.193 e. The number of pyridine rings is 1. The van der Waals surface area contributed by atoms with Gasteiger partial charge in [-0.1, -0.05) is 6.07 Å². The van der Waals surface area contributed by atoms with E-state index in [9.17, 15) is 0 Å². The number of nitrogens with one attached hydrogen (secondary N) is 1. The Kier molecular flexibility index (Phi) is 4.98. The van der Waals surface area contributed by atoms with E-state index in [1.54, 1.807) is 38.7 Å². The van der Waals surface area contributed by atoms with Crippen LogP contribution in [-0.4, -0.2) is 25.2 Å². The second kappa shape index (κ2) is 7.14. The Balaban J connectivity index is 2.03. The van der Waals surface area contributed by atoms with Gasteiger partial charge in [0, 0.05) is 24.1 Å². The van der Waals surface area contributed by atoms with E-state index in [4.69, 9.17) is 15.2 Å². The molecule has 0 atom stereocenters. The molecule has 0 saturated carbocycles. The van der Waals surface area contributed by atoms with Crippen molar-refractivity contribution >= 4 is 11.6 Å². The molecule has 0 unspecified atom stereocenters. The number of aliphatic imine (C=N–C) groups is 1. The van der Waals surface area contributed by atoms with Crippen LogP contribution in [0, 0.1) is 0 Å². The van der Waals surface area contributed by atoms with E-state index in [2.05, 4.69) is 15.3 Å². The zero-order valence-electron chi connectivity index (χ0n) is 12.0. The van der Waals surface area contributed by atoms with E-state index in [1.165, 1.54) is 0 Å². The van der Waals surface area contributed by atoms with Crippen molar-refractivity contribution in [3.8, 4) is 11.5 Å².